The van der Waals surface area contributed by atoms with Crippen molar-refractivity contribution < 1.29 is 4.79 Å². The molecule has 0 aromatic carbocycles. The van der Waals surface area contributed by atoms with Gasteiger partial charge in [-0.3, -0.25) is 9.89 Å². The van der Waals surface area contributed by atoms with Gasteiger partial charge in [0, 0.05) is 18.7 Å². The fourth-order valence-corrected chi connectivity index (χ4v) is 5.01. The lowest BCUT2D eigenvalue weighted by molar-refractivity contribution is 0.0939. The molecule has 3 heterocycles. The van der Waals surface area contributed by atoms with E-state index in [4.69, 9.17) is 0 Å². The van der Waals surface area contributed by atoms with Crippen LogP contribution in [0.5, 0.6) is 0 Å². The standard InChI is InChI=1S/C14H17N3OS2/c1-3-6-19-14-11-10(8(2)7-15-13(11)18)12(20-14)9-4-5-16-17-9/h4-5,8H,3,6-7H2,1-2H3,(H,15,18)(H,16,17)/t8-/m0/s1. The molecule has 0 saturated heterocycles. The summed E-state index contributed by atoms with van der Waals surface area (Å²) in [6, 6.07) is 1.97. The van der Waals surface area contributed by atoms with Crippen LogP contribution >= 0.6 is 23.1 Å². The van der Waals surface area contributed by atoms with E-state index in [0.29, 0.717) is 12.5 Å². The normalized spacial score (nSPS) is 17.9. The van der Waals surface area contributed by atoms with Gasteiger partial charge in [-0.15, -0.1) is 23.1 Å². The first kappa shape index (κ1) is 13.7. The second-order valence-corrected chi connectivity index (χ2v) is 7.31. The maximum atomic E-state index is 12.3. The minimum absolute atomic E-state index is 0.0646. The molecule has 0 aliphatic carbocycles. The predicted molar refractivity (Wildman–Crippen MR) is 83.7 cm³/mol. The molecule has 2 N–H and O–H groups in total. The number of nitrogens with zero attached hydrogens (tertiary/aromatic N) is 1. The minimum Gasteiger partial charge on any atom is -0.351 e. The summed E-state index contributed by atoms with van der Waals surface area (Å²) in [5.41, 5.74) is 2.99. The lowest BCUT2D eigenvalue weighted by atomic mass is 9.93. The van der Waals surface area contributed by atoms with Crippen molar-refractivity contribution in [2.45, 2.75) is 30.4 Å². The van der Waals surface area contributed by atoms with Gasteiger partial charge >= 0.3 is 0 Å². The number of carbonyl (C=O) groups excluding carboxylic acids is 1. The Hall–Kier alpha value is -1.27. The molecule has 1 amide bonds. The summed E-state index contributed by atoms with van der Waals surface area (Å²) in [5, 5.41) is 10.1. The zero-order chi connectivity index (χ0) is 14.1. The molecular formula is C14H17N3OS2. The first-order valence-electron chi connectivity index (χ1n) is 6.80. The number of hydrogen-bond donors (Lipinski definition) is 2. The Morgan fingerprint density at radius 2 is 2.40 bits per heavy atom. The first-order valence-corrected chi connectivity index (χ1v) is 8.60. The third-order valence-corrected chi connectivity index (χ3v) is 6.08. The highest BCUT2D eigenvalue weighted by molar-refractivity contribution is 8.01. The Morgan fingerprint density at radius 1 is 1.55 bits per heavy atom. The smallest absolute Gasteiger partial charge is 0.253 e. The van der Waals surface area contributed by atoms with Crippen LogP contribution in [0.3, 0.4) is 0 Å². The molecule has 1 aliphatic rings. The van der Waals surface area contributed by atoms with Crippen LogP contribution in [0.2, 0.25) is 0 Å². The molecule has 4 nitrogen and oxygen atoms in total. The van der Waals surface area contributed by atoms with E-state index in [0.717, 1.165) is 32.5 Å². The summed E-state index contributed by atoms with van der Waals surface area (Å²) >= 11 is 3.48. The van der Waals surface area contributed by atoms with Gasteiger partial charge in [0.15, 0.2) is 0 Å². The average Bonchev–Trinajstić information content (AvgIpc) is 3.07. The number of nitrogens with one attached hydrogen (secondary N) is 2. The topological polar surface area (TPSA) is 57.8 Å². The zero-order valence-electron chi connectivity index (χ0n) is 11.5. The van der Waals surface area contributed by atoms with Crippen LogP contribution in [-0.2, 0) is 0 Å². The molecule has 0 spiro atoms. The largest absolute Gasteiger partial charge is 0.351 e. The quantitative estimate of drug-likeness (QED) is 0.850. The van der Waals surface area contributed by atoms with Gasteiger partial charge in [-0.05, 0) is 23.8 Å². The van der Waals surface area contributed by atoms with Gasteiger partial charge in [0.25, 0.3) is 5.91 Å². The van der Waals surface area contributed by atoms with E-state index in [-0.39, 0.29) is 5.91 Å². The number of thiophene rings is 1. The highest BCUT2D eigenvalue weighted by Crippen LogP contribution is 2.45. The number of fused-ring (bicyclic) bond motifs is 1. The van der Waals surface area contributed by atoms with Gasteiger partial charge in [-0.1, -0.05) is 13.8 Å². The summed E-state index contributed by atoms with van der Waals surface area (Å²) in [7, 11) is 0. The van der Waals surface area contributed by atoms with Crippen molar-refractivity contribution in [3.63, 3.8) is 0 Å². The van der Waals surface area contributed by atoms with E-state index in [1.807, 2.05) is 12.3 Å². The van der Waals surface area contributed by atoms with E-state index >= 15 is 0 Å². The molecule has 2 aromatic rings. The van der Waals surface area contributed by atoms with Crippen molar-refractivity contribution in [2.24, 2.45) is 0 Å². The van der Waals surface area contributed by atoms with Gasteiger partial charge in [0.2, 0.25) is 0 Å². The predicted octanol–water partition coefficient (Wildman–Crippen LogP) is 3.49. The van der Waals surface area contributed by atoms with Gasteiger partial charge in [-0.2, -0.15) is 5.10 Å². The maximum absolute atomic E-state index is 12.3. The van der Waals surface area contributed by atoms with Crippen molar-refractivity contribution in [3.05, 3.63) is 23.4 Å². The molecule has 1 atom stereocenters. The summed E-state index contributed by atoms with van der Waals surface area (Å²) in [4.78, 5) is 13.4. The molecule has 3 rings (SSSR count). The van der Waals surface area contributed by atoms with E-state index < -0.39 is 0 Å². The summed E-state index contributed by atoms with van der Waals surface area (Å²) in [6.07, 6.45) is 2.93. The van der Waals surface area contributed by atoms with Crippen LogP contribution in [0, 0.1) is 0 Å². The second kappa shape index (κ2) is 5.61. The number of carbonyl (C=O) groups is 1. The Balaban J connectivity index is 2.13. The molecule has 1 aliphatic heterocycles. The first-order chi connectivity index (χ1) is 9.72. The highest BCUT2D eigenvalue weighted by atomic mass is 32.2. The fraction of sp³-hybridized carbons (Fsp3) is 0.429. The Bertz CT molecular complexity index is 619. The number of H-pyrrole nitrogens is 1. The van der Waals surface area contributed by atoms with Crippen molar-refractivity contribution in [3.8, 4) is 10.6 Å². The van der Waals surface area contributed by atoms with Crippen LogP contribution in [0.4, 0.5) is 0 Å². The Labute approximate surface area is 126 Å². The molecule has 106 valence electrons. The maximum Gasteiger partial charge on any atom is 0.253 e. The van der Waals surface area contributed by atoms with Gasteiger partial charge in [-0.25, -0.2) is 0 Å². The fourth-order valence-electron chi connectivity index (χ4n) is 2.42. The molecule has 0 bridgehead atoms. The molecule has 0 fully saturated rings. The lowest BCUT2D eigenvalue weighted by Gasteiger charge is -2.21. The number of amides is 1. The molecule has 0 unspecified atom stereocenters. The van der Waals surface area contributed by atoms with Crippen LogP contribution in [0.15, 0.2) is 16.5 Å². The zero-order valence-corrected chi connectivity index (χ0v) is 13.2. The number of hydrogen-bond acceptors (Lipinski definition) is 4. The molecule has 6 heteroatoms. The molecule has 0 saturated carbocycles. The van der Waals surface area contributed by atoms with Crippen molar-refractivity contribution in [1.82, 2.24) is 15.5 Å². The molecule has 0 radical (unpaired) electrons. The minimum atomic E-state index is 0.0646. The molecule has 20 heavy (non-hydrogen) atoms. The van der Waals surface area contributed by atoms with Gasteiger partial charge in [0.05, 0.1) is 14.6 Å². The van der Waals surface area contributed by atoms with Crippen molar-refractivity contribution >= 4 is 29.0 Å². The SMILES string of the molecule is CCCSc1sc(-c2cc[nH]n2)c2c1C(=O)NC[C@@H]2C. The second-order valence-electron chi connectivity index (χ2n) is 4.93. The van der Waals surface area contributed by atoms with E-state index in [2.05, 4.69) is 29.4 Å². The van der Waals surface area contributed by atoms with E-state index in [1.165, 1.54) is 5.56 Å². The van der Waals surface area contributed by atoms with Crippen LogP contribution in [-0.4, -0.2) is 28.4 Å². The lowest BCUT2D eigenvalue weighted by Crippen LogP contribution is -2.33. The van der Waals surface area contributed by atoms with E-state index in [1.54, 1.807) is 23.1 Å². The average molecular weight is 307 g/mol. The van der Waals surface area contributed by atoms with Crippen LogP contribution < -0.4 is 5.32 Å². The third-order valence-electron chi connectivity index (χ3n) is 3.37. The Kier molecular flexibility index (Phi) is 3.85. The molecular weight excluding hydrogens is 290 g/mol. The highest BCUT2D eigenvalue weighted by Gasteiger charge is 2.31. The van der Waals surface area contributed by atoms with Gasteiger partial charge in [0.1, 0.15) is 5.69 Å². The summed E-state index contributed by atoms with van der Waals surface area (Å²) in [6.45, 7) is 5.03. The third kappa shape index (κ3) is 2.27. The van der Waals surface area contributed by atoms with Gasteiger partial charge < -0.3 is 5.32 Å². The van der Waals surface area contributed by atoms with Crippen LogP contribution in [0.1, 0.15) is 42.1 Å². The van der Waals surface area contributed by atoms with Crippen LogP contribution in [0.25, 0.3) is 10.6 Å². The van der Waals surface area contributed by atoms with Crippen molar-refractivity contribution in [1.29, 1.82) is 0 Å². The summed E-state index contributed by atoms with van der Waals surface area (Å²) in [5.74, 6) is 1.44. The Morgan fingerprint density at radius 3 is 3.10 bits per heavy atom. The monoisotopic (exact) mass is 307 g/mol. The number of aromatic amines is 1. The number of rotatable bonds is 4. The van der Waals surface area contributed by atoms with Crippen molar-refractivity contribution in [2.75, 3.05) is 12.3 Å². The number of aromatic nitrogens is 2. The number of thioether (sulfide) groups is 1. The summed E-state index contributed by atoms with van der Waals surface area (Å²) < 4.78 is 1.13. The molecule has 2 aromatic heterocycles. The van der Waals surface area contributed by atoms with E-state index in [9.17, 15) is 4.79 Å².